The third kappa shape index (κ3) is 2.43. The van der Waals surface area contributed by atoms with E-state index in [-0.39, 0.29) is 12.0 Å². The second kappa shape index (κ2) is 5.56. The van der Waals surface area contributed by atoms with Crippen molar-refractivity contribution in [2.75, 3.05) is 12.4 Å². The van der Waals surface area contributed by atoms with Gasteiger partial charge in [-0.3, -0.25) is 4.79 Å². The molecule has 0 aliphatic carbocycles. The standard InChI is InChI=1S/C19H16ClNO3/c1-10-5-11-7-17(23-2)12(8-18(11)24-10)6-15-14-9-13(20)3-4-16(14)21-19(15)22/h3-4,6-10H,5H2,1-2H3,(H,21,22)/b15-6-/t10-/m1/s1. The normalized spacial score (nSPS) is 19.7. The minimum absolute atomic E-state index is 0.149. The van der Waals surface area contributed by atoms with Gasteiger partial charge in [-0.1, -0.05) is 11.6 Å². The van der Waals surface area contributed by atoms with E-state index in [9.17, 15) is 4.79 Å². The number of carbonyl (C=O) groups excluding carboxylic acids is 1. The minimum atomic E-state index is -0.149. The van der Waals surface area contributed by atoms with E-state index in [2.05, 4.69) is 5.32 Å². The summed E-state index contributed by atoms with van der Waals surface area (Å²) >= 11 is 6.08. The molecule has 2 aliphatic heterocycles. The van der Waals surface area contributed by atoms with Crippen LogP contribution in [0.3, 0.4) is 0 Å². The Kier molecular flexibility index (Phi) is 3.50. The maximum absolute atomic E-state index is 12.3. The third-order valence-corrected chi connectivity index (χ3v) is 4.55. The zero-order valence-corrected chi connectivity index (χ0v) is 14.1. The van der Waals surface area contributed by atoms with Gasteiger partial charge in [0, 0.05) is 39.4 Å². The molecule has 1 N–H and O–H groups in total. The SMILES string of the molecule is COc1cc2c(cc1/C=C1\C(=O)Nc3ccc(Cl)cc31)O[C@H](C)C2. The molecule has 122 valence electrons. The molecule has 2 aliphatic rings. The van der Waals surface area contributed by atoms with Gasteiger partial charge >= 0.3 is 0 Å². The molecule has 24 heavy (non-hydrogen) atoms. The molecule has 0 aromatic heterocycles. The molecule has 2 aromatic rings. The van der Waals surface area contributed by atoms with Crippen molar-refractivity contribution in [3.63, 3.8) is 0 Å². The number of fused-ring (bicyclic) bond motifs is 2. The van der Waals surface area contributed by atoms with Gasteiger partial charge in [0.2, 0.25) is 0 Å². The van der Waals surface area contributed by atoms with Gasteiger partial charge in [-0.05, 0) is 43.3 Å². The third-order valence-electron chi connectivity index (χ3n) is 4.31. The van der Waals surface area contributed by atoms with Crippen molar-refractivity contribution in [1.29, 1.82) is 0 Å². The van der Waals surface area contributed by atoms with E-state index in [0.29, 0.717) is 10.6 Å². The zero-order chi connectivity index (χ0) is 16.8. The number of amides is 1. The van der Waals surface area contributed by atoms with Crippen LogP contribution < -0.4 is 14.8 Å². The van der Waals surface area contributed by atoms with Gasteiger partial charge in [-0.25, -0.2) is 0 Å². The van der Waals surface area contributed by atoms with E-state index in [1.54, 1.807) is 25.3 Å². The minimum Gasteiger partial charge on any atom is -0.496 e. The van der Waals surface area contributed by atoms with Crippen LogP contribution in [0.25, 0.3) is 11.6 Å². The lowest BCUT2D eigenvalue weighted by Crippen LogP contribution is -2.05. The summed E-state index contributed by atoms with van der Waals surface area (Å²) in [7, 11) is 1.63. The Balaban J connectivity index is 1.84. The van der Waals surface area contributed by atoms with E-state index in [0.717, 1.165) is 40.3 Å². The molecule has 0 unspecified atom stereocenters. The van der Waals surface area contributed by atoms with E-state index >= 15 is 0 Å². The highest BCUT2D eigenvalue weighted by atomic mass is 35.5. The predicted octanol–water partition coefficient (Wildman–Crippen LogP) is 4.16. The highest BCUT2D eigenvalue weighted by molar-refractivity contribution is 6.36. The smallest absolute Gasteiger partial charge is 0.256 e. The van der Waals surface area contributed by atoms with Gasteiger partial charge < -0.3 is 14.8 Å². The molecule has 0 saturated carbocycles. The van der Waals surface area contributed by atoms with E-state index in [4.69, 9.17) is 21.1 Å². The fourth-order valence-corrected chi connectivity index (χ4v) is 3.38. The summed E-state index contributed by atoms with van der Waals surface area (Å²) in [5, 5.41) is 3.45. The van der Waals surface area contributed by atoms with Crippen LogP contribution in [0.1, 0.15) is 23.6 Å². The Morgan fingerprint density at radius 1 is 1.33 bits per heavy atom. The van der Waals surface area contributed by atoms with Crippen LogP contribution in [-0.2, 0) is 11.2 Å². The van der Waals surface area contributed by atoms with Crippen molar-refractivity contribution in [2.45, 2.75) is 19.4 Å². The molecule has 0 spiro atoms. The number of anilines is 1. The summed E-state index contributed by atoms with van der Waals surface area (Å²) in [5.74, 6) is 1.42. The van der Waals surface area contributed by atoms with E-state index in [1.165, 1.54) is 0 Å². The fraction of sp³-hybridized carbons (Fsp3) is 0.211. The summed E-state index contributed by atoms with van der Waals surface area (Å²) in [6.07, 6.45) is 2.84. The number of halogens is 1. The summed E-state index contributed by atoms with van der Waals surface area (Å²) in [6, 6.07) is 9.27. The lowest BCUT2D eigenvalue weighted by atomic mass is 10.0. The quantitative estimate of drug-likeness (QED) is 0.834. The molecule has 2 heterocycles. The molecule has 4 nitrogen and oxygen atoms in total. The van der Waals surface area contributed by atoms with Crippen molar-refractivity contribution >= 4 is 34.8 Å². The lowest BCUT2D eigenvalue weighted by Gasteiger charge is -2.09. The average molecular weight is 342 g/mol. The van der Waals surface area contributed by atoms with Crippen LogP contribution in [0, 0.1) is 0 Å². The molecule has 0 saturated heterocycles. The summed E-state index contributed by atoms with van der Waals surface area (Å²) in [4.78, 5) is 12.3. The fourth-order valence-electron chi connectivity index (χ4n) is 3.20. The molecule has 5 heteroatoms. The number of rotatable bonds is 2. The molecular formula is C19H16ClNO3. The first-order valence-corrected chi connectivity index (χ1v) is 8.13. The number of hydrogen-bond donors (Lipinski definition) is 1. The average Bonchev–Trinajstić information content (AvgIpc) is 3.05. The molecular weight excluding hydrogens is 326 g/mol. The highest BCUT2D eigenvalue weighted by Gasteiger charge is 2.26. The largest absolute Gasteiger partial charge is 0.496 e. The number of ether oxygens (including phenoxy) is 2. The van der Waals surface area contributed by atoms with Crippen LogP contribution in [0.4, 0.5) is 5.69 Å². The first-order valence-electron chi connectivity index (χ1n) is 7.75. The molecule has 0 radical (unpaired) electrons. The van der Waals surface area contributed by atoms with Crippen molar-refractivity contribution in [3.8, 4) is 11.5 Å². The first kappa shape index (κ1) is 15.1. The Bertz CT molecular complexity index is 888. The van der Waals surface area contributed by atoms with E-state index < -0.39 is 0 Å². The van der Waals surface area contributed by atoms with Gasteiger partial charge in [0.25, 0.3) is 5.91 Å². The molecule has 1 amide bonds. The van der Waals surface area contributed by atoms with Crippen LogP contribution >= 0.6 is 11.6 Å². The lowest BCUT2D eigenvalue weighted by molar-refractivity contribution is -0.110. The second-order valence-corrected chi connectivity index (χ2v) is 6.47. The van der Waals surface area contributed by atoms with Crippen LogP contribution in [0.5, 0.6) is 11.5 Å². The van der Waals surface area contributed by atoms with Gasteiger partial charge in [-0.2, -0.15) is 0 Å². The van der Waals surface area contributed by atoms with Gasteiger partial charge in [0.1, 0.15) is 17.6 Å². The van der Waals surface area contributed by atoms with Crippen molar-refractivity contribution in [2.24, 2.45) is 0 Å². The maximum atomic E-state index is 12.3. The Hall–Kier alpha value is -2.46. The zero-order valence-electron chi connectivity index (χ0n) is 13.4. The number of nitrogens with one attached hydrogen (secondary N) is 1. The van der Waals surface area contributed by atoms with Crippen molar-refractivity contribution in [1.82, 2.24) is 0 Å². The van der Waals surface area contributed by atoms with Gasteiger partial charge in [-0.15, -0.1) is 0 Å². The topological polar surface area (TPSA) is 47.6 Å². The van der Waals surface area contributed by atoms with E-state index in [1.807, 2.05) is 25.1 Å². The Morgan fingerprint density at radius 3 is 2.96 bits per heavy atom. The van der Waals surface area contributed by atoms with Crippen LogP contribution in [-0.4, -0.2) is 19.1 Å². The number of methoxy groups -OCH3 is 1. The van der Waals surface area contributed by atoms with Gasteiger partial charge in [0.15, 0.2) is 0 Å². The maximum Gasteiger partial charge on any atom is 0.256 e. The predicted molar refractivity (Wildman–Crippen MR) is 94.7 cm³/mol. The number of carbonyl (C=O) groups is 1. The second-order valence-electron chi connectivity index (χ2n) is 6.04. The Morgan fingerprint density at radius 2 is 2.17 bits per heavy atom. The first-order chi connectivity index (χ1) is 11.5. The monoisotopic (exact) mass is 341 g/mol. The van der Waals surface area contributed by atoms with Crippen LogP contribution in [0.2, 0.25) is 5.02 Å². The number of hydrogen-bond acceptors (Lipinski definition) is 3. The summed E-state index contributed by atoms with van der Waals surface area (Å²) in [6.45, 7) is 2.03. The molecule has 2 aromatic carbocycles. The summed E-state index contributed by atoms with van der Waals surface area (Å²) < 4.78 is 11.3. The number of benzene rings is 2. The summed E-state index contributed by atoms with van der Waals surface area (Å²) in [5.41, 5.74) is 4.06. The van der Waals surface area contributed by atoms with Gasteiger partial charge in [0.05, 0.1) is 7.11 Å². The highest BCUT2D eigenvalue weighted by Crippen LogP contribution is 2.39. The van der Waals surface area contributed by atoms with Crippen LogP contribution in [0.15, 0.2) is 30.3 Å². The molecule has 0 fully saturated rings. The molecule has 0 bridgehead atoms. The van der Waals surface area contributed by atoms with Crippen molar-refractivity contribution < 1.29 is 14.3 Å². The van der Waals surface area contributed by atoms with Crippen molar-refractivity contribution in [3.05, 3.63) is 52.0 Å². The molecule has 4 rings (SSSR count). The molecule has 1 atom stereocenters. The Labute approximate surface area is 145 Å².